The zero-order valence-corrected chi connectivity index (χ0v) is 19.4. The van der Waals surface area contributed by atoms with Crippen molar-refractivity contribution in [2.24, 2.45) is 0 Å². The highest BCUT2D eigenvalue weighted by atomic mass is 32.2. The van der Waals surface area contributed by atoms with Crippen molar-refractivity contribution < 1.29 is 32.2 Å². The number of carbonyl (C=O) groups excluding carboxylic acids is 2. The molecule has 2 aliphatic rings. The van der Waals surface area contributed by atoms with E-state index in [1.54, 1.807) is 24.0 Å². The van der Waals surface area contributed by atoms with Gasteiger partial charge in [0.25, 0.3) is 5.91 Å². The molecular formula is C22H30N2O7S. The Hall–Kier alpha value is -2.27. The molecule has 2 aliphatic heterocycles. The third-order valence-corrected chi connectivity index (χ3v) is 7.18. The molecule has 9 nitrogen and oxygen atoms in total. The third-order valence-electron chi connectivity index (χ3n) is 5.27. The number of nitrogens with zero attached hydrogens (tertiary/aromatic N) is 2. The van der Waals surface area contributed by atoms with Crippen molar-refractivity contribution >= 4 is 28.0 Å². The molecule has 0 radical (unpaired) electrons. The van der Waals surface area contributed by atoms with Gasteiger partial charge in [-0.1, -0.05) is 12.1 Å². The molecular weight excluding hydrogens is 436 g/mol. The van der Waals surface area contributed by atoms with Gasteiger partial charge in [0.2, 0.25) is 10.0 Å². The van der Waals surface area contributed by atoms with Crippen LogP contribution in [0.5, 0.6) is 0 Å². The van der Waals surface area contributed by atoms with Crippen molar-refractivity contribution in [3.05, 3.63) is 35.9 Å². The van der Waals surface area contributed by atoms with Gasteiger partial charge in [-0.2, -0.15) is 4.31 Å². The van der Waals surface area contributed by atoms with Gasteiger partial charge in [-0.25, -0.2) is 13.2 Å². The van der Waals surface area contributed by atoms with Crippen molar-refractivity contribution in [1.29, 1.82) is 0 Å². The fraction of sp³-hybridized carbons (Fsp3) is 0.545. The first-order valence-electron chi connectivity index (χ1n) is 10.7. The highest BCUT2D eigenvalue weighted by molar-refractivity contribution is 7.89. The number of hydrogen-bond acceptors (Lipinski definition) is 7. The fourth-order valence-corrected chi connectivity index (χ4v) is 5.14. The maximum absolute atomic E-state index is 12.7. The maximum Gasteiger partial charge on any atom is 0.331 e. The van der Waals surface area contributed by atoms with E-state index in [2.05, 4.69) is 0 Å². The second-order valence-corrected chi connectivity index (χ2v) is 9.94. The lowest BCUT2D eigenvalue weighted by Gasteiger charge is -2.36. The molecule has 0 aromatic heterocycles. The Balaban J connectivity index is 1.55. The van der Waals surface area contributed by atoms with Gasteiger partial charge in [0.15, 0.2) is 6.10 Å². The van der Waals surface area contributed by atoms with Gasteiger partial charge in [0.05, 0.1) is 30.3 Å². The number of carbonyl (C=O) groups is 2. The normalized spacial score (nSPS) is 23.8. The van der Waals surface area contributed by atoms with Crippen molar-refractivity contribution in [1.82, 2.24) is 9.21 Å². The highest BCUT2D eigenvalue weighted by Gasteiger charge is 2.30. The first-order valence-corrected chi connectivity index (χ1v) is 12.1. The van der Waals surface area contributed by atoms with Gasteiger partial charge in [0, 0.05) is 32.3 Å². The van der Waals surface area contributed by atoms with E-state index < -0.39 is 22.1 Å². The number of sulfonamides is 1. The first-order chi connectivity index (χ1) is 15.2. The summed E-state index contributed by atoms with van der Waals surface area (Å²) in [6.45, 7) is 7.67. The Bertz CT molecular complexity index is 930. The molecule has 3 unspecified atom stereocenters. The summed E-state index contributed by atoms with van der Waals surface area (Å²) in [7, 11) is -3.57. The summed E-state index contributed by atoms with van der Waals surface area (Å²) in [5.74, 6) is -0.906. The number of amides is 1. The minimum atomic E-state index is -3.57. The van der Waals surface area contributed by atoms with Gasteiger partial charge >= 0.3 is 5.97 Å². The van der Waals surface area contributed by atoms with Crippen LogP contribution in [0.2, 0.25) is 0 Å². The molecule has 0 spiro atoms. The van der Waals surface area contributed by atoms with Crippen LogP contribution in [0.1, 0.15) is 26.3 Å². The first kappa shape index (κ1) is 24.4. The quantitative estimate of drug-likeness (QED) is 0.460. The Morgan fingerprint density at radius 3 is 2.28 bits per heavy atom. The SMILES string of the molecule is CC1CN(C(=O)C(C)OC(=O)/C=C/c2ccc(S(=O)(=O)N3CCOCC3)cc2)CC(C)O1. The lowest BCUT2D eigenvalue weighted by atomic mass is 10.2. The number of morpholine rings is 2. The standard InChI is InChI=1S/C22H30N2O7S/c1-16-14-23(15-17(2)30-16)22(26)18(3)31-21(25)9-6-19-4-7-20(8-5-19)32(27,28)24-10-12-29-13-11-24/h4-9,16-18H,10-15H2,1-3H3/b9-6+. The summed E-state index contributed by atoms with van der Waals surface area (Å²) < 4.78 is 42.8. The lowest BCUT2D eigenvalue weighted by Crippen LogP contribution is -2.51. The monoisotopic (exact) mass is 466 g/mol. The van der Waals surface area contributed by atoms with E-state index >= 15 is 0 Å². The van der Waals surface area contributed by atoms with Gasteiger partial charge in [0.1, 0.15) is 0 Å². The van der Waals surface area contributed by atoms with E-state index in [0.29, 0.717) is 45.0 Å². The summed E-state index contributed by atoms with van der Waals surface area (Å²) in [5.41, 5.74) is 0.637. The Morgan fingerprint density at radius 2 is 1.69 bits per heavy atom. The molecule has 176 valence electrons. The predicted molar refractivity (Wildman–Crippen MR) is 117 cm³/mol. The molecule has 0 N–H and O–H groups in total. The largest absolute Gasteiger partial charge is 0.449 e. The van der Waals surface area contributed by atoms with Crippen LogP contribution in [-0.2, 0) is 33.8 Å². The summed E-state index contributed by atoms with van der Waals surface area (Å²) in [4.78, 5) is 26.6. The van der Waals surface area contributed by atoms with E-state index in [1.807, 2.05) is 13.8 Å². The average Bonchev–Trinajstić information content (AvgIpc) is 2.77. The van der Waals surface area contributed by atoms with Gasteiger partial charge in [-0.15, -0.1) is 0 Å². The molecule has 2 heterocycles. The van der Waals surface area contributed by atoms with Crippen LogP contribution >= 0.6 is 0 Å². The van der Waals surface area contributed by atoms with Crippen LogP contribution in [0, 0.1) is 0 Å². The smallest absolute Gasteiger partial charge is 0.331 e. The fourth-order valence-electron chi connectivity index (χ4n) is 3.73. The van der Waals surface area contributed by atoms with E-state index in [9.17, 15) is 18.0 Å². The third kappa shape index (κ3) is 6.16. The number of ether oxygens (including phenoxy) is 3. The Labute approximate surface area is 189 Å². The summed E-state index contributed by atoms with van der Waals surface area (Å²) in [5, 5.41) is 0. The molecule has 1 aromatic carbocycles. The molecule has 2 fully saturated rings. The molecule has 1 amide bonds. The molecule has 0 bridgehead atoms. The number of benzene rings is 1. The molecule has 0 aliphatic carbocycles. The van der Waals surface area contributed by atoms with Crippen molar-refractivity contribution in [3.63, 3.8) is 0 Å². The summed E-state index contributed by atoms with van der Waals surface area (Å²) in [6, 6.07) is 6.23. The summed E-state index contributed by atoms with van der Waals surface area (Å²) in [6.07, 6.45) is 1.69. The van der Waals surface area contributed by atoms with Crippen molar-refractivity contribution in [2.75, 3.05) is 39.4 Å². The maximum atomic E-state index is 12.7. The predicted octanol–water partition coefficient (Wildman–Crippen LogP) is 1.29. The number of hydrogen-bond donors (Lipinski definition) is 0. The van der Waals surface area contributed by atoms with E-state index in [-0.39, 0.29) is 23.0 Å². The Kier molecular flexibility index (Phi) is 8.05. The van der Waals surface area contributed by atoms with Gasteiger partial charge < -0.3 is 19.1 Å². The zero-order valence-electron chi connectivity index (χ0n) is 18.6. The van der Waals surface area contributed by atoms with Crippen molar-refractivity contribution in [2.45, 2.75) is 44.0 Å². The lowest BCUT2D eigenvalue weighted by molar-refractivity contribution is -0.161. The molecule has 0 saturated carbocycles. The minimum absolute atomic E-state index is 0.0690. The van der Waals surface area contributed by atoms with E-state index in [4.69, 9.17) is 14.2 Å². The summed E-state index contributed by atoms with van der Waals surface area (Å²) >= 11 is 0. The molecule has 3 atom stereocenters. The number of esters is 1. The van der Waals surface area contributed by atoms with E-state index in [1.165, 1.54) is 28.6 Å². The molecule has 1 aromatic rings. The zero-order chi connectivity index (χ0) is 23.3. The second kappa shape index (κ2) is 10.6. The molecule has 3 rings (SSSR count). The number of rotatable bonds is 6. The minimum Gasteiger partial charge on any atom is -0.449 e. The molecule has 32 heavy (non-hydrogen) atoms. The van der Waals surface area contributed by atoms with Crippen LogP contribution in [0.3, 0.4) is 0 Å². The van der Waals surface area contributed by atoms with Crippen molar-refractivity contribution in [3.8, 4) is 0 Å². The average molecular weight is 467 g/mol. The highest BCUT2D eigenvalue weighted by Crippen LogP contribution is 2.18. The van der Waals surface area contributed by atoms with Crippen LogP contribution in [0.4, 0.5) is 0 Å². The molecule has 2 saturated heterocycles. The van der Waals surface area contributed by atoms with Crippen LogP contribution in [-0.4, -0.2) is 87.2 Å². The Morgan fingerprint density at radius 1 is 1.09 bits per heavy atom. The molecule has 10 heteroatoms. The van der Waals surface area contributed by atoms with Crippen LogP contribution < -0.4 is 0 Å². The second-order valence-electron chi connectivity index (χ2n) is 8.00. The topological polar surface area (TPSA) is 102 Å². The van der Waals surface area contributed by atoms with Crippen LogP contribution in [0.15, 0.2) is 35.2 Å². The van der Waals surface area contributed by atoms with E-state index in [0.717, 1.165) is 0 Å². The van der Waals surface area contributed by atoms with Gasteiger partial charge in [-0.3, -0.25) is 4.79 Å². The van der Waals surface area contributed by atoms with Crippen LogP contribution in [0.25, 0.3) is 6.08 Å². The van der Waals surface area contributed by atoms with Gasteiger partial charge in [-0.05, 0) is 44.5 Å².